The second-order valence-corrected chi connectivity index (χ2v) is 5.97. The molecule has 25 heavy (non-hydrogen) atoms. The highest BCUT2D eigenvalue weighted by atomic mass is 15.3. The van der Waals surface area contributed by atoms with Crippen LogP contribution in [0.5, 0.6) is 0 Å². The average molecular weight is 330 g/mol. The number of nitrogens with two attached hydrogens (primary N) is 2. The largest absolute Gasteiger partial charge is 0.399 e. The van der Waals surface area contributed by atoms with Gasteiger partial charge < -0.3 is 11.5 Å². The molecule has 2 aromatic carbocycles. The molecule has 0 aliphatic heterocycles. The maximum atomic E-state index is 6.12. The molecule has 0 amide bonds. The second kappa shape index (κ2) is 6.24. The van der Waals surface area contributed by atoms with Gasteiger partial charge in [-0.05, 0) is 23.3 Å². The monoisotopic (exact) mass is 330 g/mol. The van der Waals surface area contributed by atoms with Crippen molar-refractivity contribution in [3.63, 3.8) is 0 Å². The quantitative estimate of drug-likeness (QED) is 0.561. The van der Waals surface area contributed by atoms with Gasteiger partial charge in [0.05, 0.1) is 17.6 Å². The van der Waals surface area contributed by atoms with E-state index in [0.717, 1.165) is 33.5 Å². The number of fused-ring (bicyclic) bond motifs is 1. The molecule has 2 aromatic heterocycles. The van der Waals surface area contributed by atoms with Crippen molar-refractivity contribution in [3.05, 3.63) is 77.7 Å². The Hall–Kier alpha value is -3.41. The van der Waals surface area contributed by atoms with Crippen LogP contribution in [-0.2, 0) is 13.0 Å². The maximum absolute atomic E-state index is 6.12. The van der Waals surface area contributed by atoms with Crippen LogP contribution in [0.4, 0.5) is 11.5 Å². The van der Waals surface area contributed by atoms with Crippen molar-refractivity contribution in [1.82, 2.24) is 19.7 Å². The van der Waals surface area contributed by atoms with Gasteiger partial charge in [-0.3, -0.25) is 0 Å². The highest BCUT2D eigenvalue weighted by molar-refractivity contribution is 5.88. The first kappa shape index (κ1) is 15.1. The first-order valence-corrected chi connectivity index (χ1v) is 8.05. The minimum atomic E-state index is 0.447. The molecule has 0 radical (unpaired) electrons. The number of nitrogen functional groups attached to an aromatic ring is 2. The van der Waals surface area contributed by atoms with Crippen molar-refractivity contribution in [2.24, 2.45) is 0 Å². The van der Waals surface area contributed by atoms with Crippen LogP contribution in [0, 0.1) is 0 Å². The lowest BCUT2D eigenvalue weighted by Crippen LogP contribution is -2.03. The Morgan fingerprint density at radius 1 is 0.880 bits per heavy atom. The summed E-state index contributed by atoms with van der Waals surface area (Å²) >= 11 is 0. The SMILES string of the molecule is Nc1cccc(Cc2nn(Cc3ccccc3)c3ncnc(N)c23)c1. The van der Waals surface area contributed by atoms with Crippen molar-refractivity contribution in [3.8, 4) is 0 Å². The van der Waals surface area contributed by atoms with E-state index in [-0.39, 0.29) is 0 Å². The van der Waals surface area contributed by atoms with Crippen LogP contribution in [0.2, 0.25) is 0 Å². The smallest absolute Gasteiger partial charge is 0.163 e. The fourth-order valence-electron chi connectivity index (χ4n) is 2.99. The second-order valence-electron chi connectivity index (χ2n) is 5.97. The number of hydrogen-bond acceptors (Lipinski definition) is 5. The number of hydrogen-bond donors (Lipinski definition) is 2. The van der Waals surface area contributed by atoms with Crippen LogP contribution in [-0.4, -0.2) is 19.7 Å². The molecule has 6 heteroatoms. The fraction of sp³-hybridized carbons (Fsp3) is 0.105. The Bertz CT molecular complexity index is 1020. The number of aromatic nitrogens is 4. The molecule has 6 nitrogen and oxygen atoms in total. The van der Waals surface area contributed by atoms with E-state index < -0.39 is 0 Å². The lowest BCUT2D eigenvalue weighted by Gasteiger charge is -2.02. The molecular formula is C19H18N6. The summed E-state index contributed by atoms with van der Waals surface area (Å²) in [6.45, 7) is 0.630. The van der Waals surface area contributed by atoms with Crippen LogP contribution in [0.15, 0.2) is 60.9 Å². The van der Waals surface area contributed by atoms with Gasteiger partial charge in [-0.15, -0.1) is 0 Å². The van der Waals surface area contributed by atoms with Crippen molar-refractivity contribution < 1.29 is 0 Å². The third kappa shape index (κ3) is 3.01. The van der Waals surface area contributed by atoms with Crippen molar-refractivity contribution in [2.45, 2.75) is 13.0 Å². The minimum Gasteiger partial charge on any atom is -0.399 e. The molecule has 0 atom stereocenters. The Kier molecular flexibility index (Phi) is 3.78. The van der Waals surface area contributed by atoms with E-state index in [2.05, 4.69) is 22.1 Å². The van der Waals surface area contributed by atoms with Gasteiger partial charge >= 0.3 is 0 Å². The molecule has 0 saturated heterocycles. The van der Waals surface area contributed by atoms with E-state index in [1.54, 1.807) is 0 Å². The number of rotatable bonds is 4. The molecule has 0 unspecified atom stereocenters. The summed E-state index contributed by atoms with van der Waals surface area (Å²) in [6, 6.07) is 17.9. The Morgan fingerprint density at radius 3 is 2.48 bits per heavy atom. The zero-order chi connectivity index (χ0) is 17.2. The highest BCUT2D eigenvalue weighted by Gasteiger charge is 2.16. The Labute approximate surface area is 145 Å². The molecule has 0 saturated carbocycles. The molecule has 2 heterocycles. The Balaban J connectivity index is 1.79. The van der Waals surface area contributed by atoms with Gasteiger partial charge in [0.2, 0.25) is 0 Å². The lowest BCUT2D eigenvalue weighted by molar-refractivity contribution is 0.691. The van der Waals surface area contributed by atoms with Crippen LogP contribution < -0.4 is 11.5 Å². The molecule has 124 valence electrons. The highest BCUT2D eigenvalue weighted by Crippen LogP contribution is 2.24. The van der Waals surface area contributed by atoms with Gasteiger partial charge in [0.1, 0.15) is 12.1 Å². The van der Waals surface area contributed by atoms with E-state index in [0.29, 0.717) is 18.8 Å². The third-order valence-corrected chi connectivity index (χ3v) is 4.13. The van der Waals surface area contributed by atoms with Crippen molar-refractivity contribution in [2.75, 3.05) is 11.5 Å². The first-order chi connectivity index (χ1) is 12.2. The molecule has 4 rings (SSSR count). The predicted molar refractivity (Wildman–Crippen MR) is 98.9 cm³/mol. The van der Waals surface area contributed by atoms with Crippen molar-refractivity contribution in [1.29, 1.82) is 0 Å². The molecule has 4 aromatic rings. The summed E-state index contributed by atoms with van der Waals surface area (Å²) in [7, 11) is 0. The molecular weight excluding hydrogens is 312 g/mol. The maximum Gasteiger partial charge on any atom is 0.163 e. The molecule has 0 aliphatic rings. The zero-order valence-electron chi connectivity index (χ0n) is 13.6. The van der Waals surface area contributed by atoms with Gasteiger partial charge in [-0.1, -0.05) is 42.5 Å². The van der Waals surface area contributed by atoms with E-state index in [1.165, 1.54) is 6.33 Å². The standard InChI is InChI=1S/C19H18N6/c20-15-8-4-7-14(9-15)10-16-17-18(21)22-12-23-19(17)25(24-16)11-13-5-2-1-3-6-13/h1-9,12H,10-11,20H2,(H2,21,22,23). The first-order valence-electron chi connectivity index (χ1n) is 8.05. The summed E-state index contributed by atoms with van der Waals surface area (Å²) in [5.41, 5.74) is 16.6. The van der Waals surface area contributed by atoms with Crippen LogP contribution >= 0.6 is 0 Å². The molecule has 0 bridgehead atoms. The average Bonchev–Trinajstić information content (AvgIpc) is 2.95. The van der Waals surface area contributed by atoms with E-state index in [1.807, 2.05) is 47.1 Å². The molecule has 0 aliphatic carbocycles. The Morgan fingerprint density at radius 2 is 1.68 bits per heavy atom. The summed E-state index contributed by atoms with van der Waals surface area (Å²) in [5.74, 6) is 0.447. The van der Waals surface area contributed by atoms with E-state index >= 15 is 0 Å². The van der Waals surface area contributed by atoms with Gasteiger partial charge in [-0.2, -0.15) is 5.10 Å². The predicted octanol–water partition coefficient (Wildman–Crippen LogP) is 2.63. The summed E-state index contributed by atoms with van der Waals surface area (Å²) in [4.78, 5) is 8.54. The normalized spacial score (nSPS) is 11.0. The zero-order valence-corrected chi connectivity index (χ0v) is 13.6. The van der Waals surface area contributed by atoms with Gasteiger partial charge in [0, 0.05) is 12.1 Å². The topological polar surface area (TPSA) is 95.6 Å². The summed E-state index contributed by atoms with van der Waals surface area (Å²) in [5, 5.41) is 5.57. The summed E-state index contributed by atoms with van der Waals surface area (Å²) < 4.78 is 1.88. The molecule has 0 spiro atoms. The fourth-order valence-corrected chi connectivity index (χ4v) is 2.99. The van der Waals surface area contributed by atoms with E-state index in [9.17, 15) is 0 Å². The van der Waals surface area contributed by atoms with E-state index in [4.69, 9.17) is 16.6 Å². The minimum absolute atomic E-state index is 0.447. The third-order valence-electron chi connectivity index (χ3n) is 4.13. The van der Waals surface area contributed by atoms with Gasteiger partial charge in [-0.25, -0.2) is 14.6 Å². The number of benzene rings is 2. The summed E-state index contributed by atoms with van der Waals surface area (Å²) in [6.07, 6.45) is 2.10. The lowest BCUT2D eigenvalue weighted by atomic mass is 10.1. The number of nitrogens with zero attached hydrogens (tertiary/aromatic N) is 4. The molecule has 0 fully saturated rings. The van der Waals surface area contributed by atoms with Crippen LogP contribution in [0.25, 0.3) is 11.0 Å². The van der Waals surface area contributed by atoms with Gasteiger partial charge in [0.15, 0.2) is 5.65 Å². The van der Waals surface area contributed by atoms with Crippen molar-refractivity contribution >= 4 is 22.5 Å². The van der Waals surface area contributed by atoms with Crippen LogP contribution in [0.3, 0.4) is 0 Å². The van der Waals surface area contributed by atoms with Gasteiger partial charge in [0.25, 0.3) is 0 Å². The number of anilines is 2. The van der Waals surface area contributed by atoms with Crippen LogP contribution in [0.1, 0.15) is 16.8 Å². The molecule has 4 N–H and O–H groups in total.